The summed E-state index contributed by atoms with van der Waals surface area (Å²) < 4.78 is 15.7. The number of methoxy groups -OCH3 is 2. The standard InChI is InChI=1S/C21H24N2O7/c1-13(2)19(21(25)30-12-14-5-8-16(9-6-14)23(26)27)22-20(24)15-7-10-17(28-3)18(11-15)29-4/h5-11,13,19H,12H2,1-4H3,(H,22,24). The molecule has 0 aliphatic rings. The minimum Gasteiger partial charge on any atom is -0.493 e. The Labute approximate surface area is 174 Å². The molecule has 0 saturated carbocycles. The molecular formula is C21H24N2O7. The topological polar surface area (TPSA) is 117 Å². The van der Waals surface area contributed by atoms with Crippen LogP contribution in [-0.2, 0) is 16.1 Å². The van der Waals surface area contributed by atoms with Crippen molar-refractivity contribution in [3.05, 3.63) is 63.7 Å². The Kier molecular flexibility index (Phi) is 7.74. The average molecular weight is 416 g/mol. The largest absolute Gasteiger partial charge is 0.493 e. The van der Waals surface area contributed by atoms with Crippen molar-refractivity contribution in [3.8, 4) is 11.5 Å². The van der Waals surface area contributed by atoms with Gasteiger partial charge in [-0.2, -0.15) is 0 Å². The molecule has 0 spiro atoms. The Bertz CT molecular complexity index is 910. The van der Waals surface area contributed by atoms with E-state index in [1.165, 1.54) is 44.6 Å². The number of esters is 1. The van der Waals surface area contributed by atoms with Gasteiger partial charge in [0.1, 0.15) is 12.6 Å². The fourth-order valence-corrected chi connectivity index (χ4v) is 2.66. The van der Waals surface area contributed by atoms with E-state index in [2.05, 4.69) is 5.32 Å². The first-order valence-electron chi connectivity index (χ1n) is 9.19. The predicted octanol–water partition coefficient (Wildman–Crippen LogP) is 3.11. The summed E-state index contributed by atoms with van der Waals surface area (Å²) in [7, 11) is 2.96. The number of ether oxygens (including phenoxy) is 3. The molecule has 2 rings (SSSR count). The summed E-state index contributed by atoms with van der Waals surface area (Å²) in [5, 5.41) is 13.4. The van der Waals surface area contributed by atoms with Gasteiger partial charge in [-0.3, -0.25) is 14.9 Å². The maximum Gasteiger partial charge on any atom is 0.329 e. The number of non-ortho nitro benzene ring substituents is 1. The minimum atomic E-state index is -0.872. The van der Waals surface area contributed by atoms with Crippen molar-refractivity contribution in [2.75, 3.05) is 14.2 Å². The molecule has 0 aromatic heterocycles. The summed E-state index contributed by atoms with van der Waals surface area (Å²) in [5.41, 5.74) is 0.858. The molecule has 9 nitrogen and oxygen atoms in total. The number of amides is 1. The summed E-state index contributed by atoms with van der Waals surface area (Å²) in [6, 6.07) is 9.51. The Morgan fingerprint density at radius 3 is 2.20 bits per heavy atom. The number of nitrogens with zero attached hydrogens (tertiary/aromatic N) is 1. The van der Waals surface area contributed by atoms with Gasteiger partial charge in [0, 0.05) is 17.7 Å². The lowest BCUT2D eigenvalue weighted by Crippen LogP contribution is -2.45. The lowest BCUT2D eigenvalue weighted by atomic mass is 10.0. The molecule has 0 fully saturated rings. The molecular weight excluding hydrogens is 392 g/mol. The van der Waals surface area contributed by atoms with Crippen molar-refractivity contribution in [2.45, 2.75) is 26.5 Å². The number of nitrogens with one attached hydrogen (secondary N) is 1. The van der Waals surface area contributed by atoms with E-state index in [9.17, 15) is 19.7 Å². The lowest BCUT2D eigenvalue weighted by molar-refractivity contribution is -0.384. The van der Waals surface area contributed by atoms with Gasteiger partial charge in [0.05, 0.1) is 19.1 Å². The molecule has 0 aliphatic carbocycles. The molecule has 1 unspecified atom stereocenters. The fourth-order valence-electron chi connectivity index (χ4n) is 2.66. The highest BCUT2D eigenvalue weighted by Crippen LogP contribution is 2.27. The van der Waals surface area contributed by atoms with E-state index in [0.29, 0.717) is 22.6 Å². The van der Waals surface area contributed by atoms with Crippen LogP contribution in [0, 0.1) is 16.0 Å². The normalized spacial score (nSPS) is 11.5. The highest BCUT2D eigenvalue weighted by Gasteiger charge is 2.26. The molecule has 30 heavy (non-hydrogen) atoms. The molecule has 160 valence electrons. The first-order valence-corrected chi connectivity index (χ1v) is 9.19. The zero-order chi connectivity index (χ0) is 22.3. The van der Waals surface area contributed by atoms with Crippen LogP contribution in [0.15, 0.2) is 42.5 Å². The van der Waals surface area contributed by atoms with E-state index in [0.717, 1.165) is 0 Å². The van der Waals surface area contributed by atoms with E-state index in [4.69, 9.17) is 14.2 Å². The molecule has 1 atom stereocenters. The molecule has 1 N–H and O–H groups in total. The van der Waals surface area contributed by atoms with E-state index < -0.39 is 22.8 Å². The maximum absolute atomic E-state index is 12.6. The van der Waals surface area contributed by atoms with Crippen molar-refractivity contribution in [1.29, 1.82) is 0 Å². The van der Waals surface area contributed by atoms with E-state index in [-0.39, 0.29) is 18.2 Å². The number of hydrogen-bond acceptors (Lipinski definition) is 7. The van der Waals surface area contributed by atoms with Crippen molar-refractivity contribution < 1.29 is 28.7 Å². The van der Waals surface area contributed by atoms with Crippen LogP contribution in [-0.4, -0.2) is 37.1 Å². The molecule has 2 aromatic rings. The Hall–Kier alpha value is -3.62. The first kappa shape index (κ1) is 22.7. The van der Waals surface area contributed by atoms with Gasteiger partial charge in [-0.15, -0.1) is 0 Å². The smallest absolute Gasteiger partial charge is 0.329 e. The second kappa shape index (κ2) is 10.2. The maximum atomic E-state index is 12.6. The van der Waals surface area contributed by atoms with Crippen LogP contribution in [0.4, 0.5) is 5.69 Å². The van der Waals surface area contributed by atoms with Crippen LogP contribution in [0.1, 0.15) is 29.8 Å². The number of nitro groups is 1. The van der Waals surface area contributed by atoms with Gasteiger partial charge < -0.3 is 19.5 Å². The Morgan fingerprint density at radius 2 is 1.67 bits per heavy atom. The van der Waals surface area contributed by atoms with E-state index >= 15 is 0 Å². The van der Waals surface area contributed by atoms with Gasteiger partial charge in [-0.05, 0) is 41.8 Å². The fraction of sp³-hybridized carbons (Fsp3) is 0.333. The van der Waals surface area contributed by atoms with Crippen LogP contribution in [0.3, 0.4) is 0 Å². The van der Waals surface area contributed by atoms with Gasteiger partial charge in [0.15, 0.2) is 11.5 Å². The van der Waals surface area contributed by atoms with Crippen molar-refractivity contribution in [3.63, 3.8) is 0 Å². The number of nitro benzene ring substituents is 1. The zero-order valence-electron chi connectivity index (χ0n) is 17.2. The number of hydrogen-bond donors (Lipinski definition) is 1. The van der Waals surface area contributed by atoms with Crippen LogP contribution in [0.25, 0.3) is 0 Å². The molecule has 0 aliphatic heterocycles. The van der Waals surface area contributed by atoms with Crippen LogP contribution in [0.2, 0.25) is 0 Å². The third kappa shape index (κ3) is 5.69. The highest BCUT2D eigenvalue weighted by molar-refractivity contribution is 5.97. The molecule has 1 amide bonds. The van der Waals surface area contributed by atoms with Gasteiger partial charge >= 0.3 is 5.97 Å². The Morgan fingerprint density at radius 1 is 1.03 bits per heavy atom. The monoisotopic (exact) mass is 416 g/mol. The van der Waals surface area contributed by atoms with Crippen LogP contribution in [0.5, 0.6) is 11.5 Å². The second-order valence-electron chi connectivity index (χ2n) is 6.80. The van der Waals surface area contributed by atoms with Crippen LogP contribution >= 0.6 is 0 Å². The lowest BCUT2D eigenvalue weighted by Gasteiger charge is -2.21. The first-order chi connectivity index (χ1) is 14.3. The molecule has 0 saturated heterocycles. The molecule has 9 heteroatoms. The highest BCUT2D eigenvalue weighted by atomic mass is 16.6. The molecule has 0 radical (unpaired) electrons. The molecule has 0 bridgehead atoms. The van der Waals surface area contributed by atoms with Gasteiger partial charge in [0.25, 0.3) is 11.6 Å². The van der Waals surface area contributed by atoms with E-state index in [1.54, 1.807) is 26.0 Å². The number of carbonyl (C=O) groups is 2. The van der Waals surface area contributed by atoms with Crippen molar-refractivity contribution >= 4 is 17.6 Å². The molecule has 2 aromatic carbocycles. The SMILES string of the molecule is COc1ccc(C(=O)NC(C(=O)OCc2ccc([N+](=O)[O-])cc2)C(C)C)cc1OC. The minimum absolute atomic E-state index is 0.0488. The summed E-state index contributed by atoms with van der Waals surface area (Å²) in [4.78, 5) is 35.4. The number of rotatable bonds is 9. The van der Waals surface area contributed by atoms with Gasteiger partial charge in [-0.25, -0.2) is 4.79 Å². The summed E-state index contributed by atoms with van der Waals surface area (Å²) in [5.74, 6) is -0.401. The van der Waals surface area contributed by atoms with Crippen molar-refractivity contribution in [1.82, 2.24) is 5.32 Å². The third-order valence-electron chi connectivity index (χ3n) is 4.38. The predicted molar refractivity (Wildman–Crippen MR) is 109 cm³/mol. The third-order valence-corrected chi connectivity index (χ3v) is 4.38. The summed E-state index contributed by atoms with van der Waals surface area (Å²) in [6.45, 7) is 3.51. The summed E-state index contributed by atoms with van der Waals surface area (Å²) in [6.07, 6.45) is 0. The zero-order valence-corrected chi connectivity index (χ0v) is 17.2. The quantitative estimate of drug-likeness (QED) is 0.379. The van der Waals surface area contributed by atoms with Gasteiger partial charge in [-0.1, -0.05) is 13.8 Å². The number of benzene rings is 2. The van der Waals surface area contributed by atoms with Crippen LogP contribution < -0.4 is 14.8 Å². The van der Waals surface area contributed by atoms with Gasteiger partial charge in [0.2, 0.25) is 0 Å². The Balaban J connectivity index is 2.04. The van der Waals surface area contributed by atoms with Crippen molar-refractivity contribution in [2.24, 2.45) is 5.92 Å². The average Bonchev–Trinajstić information content (AvgIpc) is 2.75. The van der Waals surface area contributed by atoms with E-state index in [1.807, 2.05) is 0 Å². The molecule has 0 heterocycles. The summed E-state index contributed by atoms with van der Waals surface area (Å²) >= 11 is 0. The second-order valence-corrected chi connectivity index (χ2v) is 6.80. The number of carbonyl (C=O) groups excluding carboxylic acids is 2.